The molecule has 0 aromatic heterocycles. The third kappa shape index (κ3) is 3.65. The van der Waals surface area contributed by atoms with E-state index in [1.54, 1.807) is 23.1 Å². The predicted octanol–water partition coefficient (Wildman–Crippen LogP) is 3.50. The number of rotatable bonds is 4. The Morgan fingerprint density at radius 1 is 1.04 bits per heavy atom. The second-order valence-electron chi connectivity index (χ2n) is 6.47. The molecule has 5 nitrogen and oxygen atoms in total. The van der Waals surface area contributed by atoms with Gasteiger partial charge in [-0.15, -0.1) is 0 Å². The lowest BCUT2D eigenvalue weighted by Crippen LogP contribution is -2.35. The third-order valence-electron chi connectivity index (χ3n) is 4.50. The van der Waals surface area contributed by atoms with Gasteiger partial charge < -0.3 is 14.4 Å². The monoisotopic (exact) mass is 339 g/mol. The molecular formula is C20H21NO4. The van der Waals surface area contributed by atoms with Gasteiger partial charge in [0.2, 0.25) is 0 Å². The van der Waals surface area contributed by atoms with Crippen molar-refractivity contribution in [2.75, 3.05) is 20.2 Å². The fourth-order valence-corrected chi connectivity index (χ4v) is 3.05. The van der Waals surface area contributed by atoms with Crippen molar-refractivity contribution in [3.8, 4) is 11.5 Å². The molecule has 5 heteroatoms. The summed E-state index contributed by atoms with van der Waals surface area (Å²) >= 11 is 0. The van der Waals surface area contributed by atoms with Crippen LogP contribution in [-0.4, -0.2) is 37.0 Å². The molecule has 1 amide bonds. The van der Waals surface area contributed by atoms with Crippen LogP contribution < -0.4 is 4.74 Å². The fraction of sp³-hybridized carbons (Fsp3) is 0.300. The standard InChI is InChI=1S/C20H21NO4/c1-20(19(23)24-2)11-12-21(14-20)18(22)15-7-6-10-17(13-15)25-16-8-4-3-5-9-16/h3-10,13H,11-12,14H2,1-2H3/t20-/m1/s1. The van der Waals surface area contributed by atoms with Crippen molar-refractivity contribution in [2.45, 2.75) is 13.3 Å². The first-order valence-corrected chi connectivity index (χ1v) is 8.22. The highest BCUT2D eigenvalue weighted by Gasteiger charge is 2.43. The molecule has 3 rings (SSSR count). The summed E-state index contributed by atoms with van der Waals surface area (Å²) in [4.78, 5) is 26.4. The summed E-state index contributed by atoms with van der Waals surface area (Å²) in [5.74, 6) is 0.939. The van der Waals surface area contributed by atoms with E-state index in [1.807, 2.05) is 43.3 Å². The molecule has 0 saturated carbocycles. The van der Waals surface area contributed by atoms with Crippen LogP contribution in [0.4, 0.5) is 0 Å². The van der Waals surface area contributed by atoms with Crippen molar-refractivity contribution in [3.63, 3.8) is 0 Å². The van der Waals surface area contributed by atoms with E-state index in [-0.39, 0.29) is 11.9 Å². The van der Waals surface area contributed by atoms with Crippen LogP contribution in [0.25, 0.3) is 0 Å². The minimum absolute atomic E-state index is 0.105. The highest BCUT2D eigenvalue weighted by atomic mass is 16.5. The Bertz CT molecular complexity index is 774. The van der Waals surface area contributed by atoms with Crippen LogP contribution in [0.5, 0.6) is 11.5 Å². The number of nitrogens with zero attached hydrogens (tertiary/aromatic N) is 1. The van der Waals surface area contributed by atoms with Crippen molar-refractivity contribution in [3.05, 3.63) is 60.2 Å². The van der Waals surface area contributed by atoms with E-state index in [1.165, 1.54) is 7.11 Å². The van der Waals surface area contributed by atoms with Crippen molar-refractivity contribution in [1.29, 1.82) is 0 Å². The van der Waals surface area contributed by atoms with Crippen molar-refractivity contribution in [2.24, 2.45) is 5.41 Å². The molecule has 1 atom stereocenters. The normalized spacial score (nSPS) is 19.5. The van der Waals surface area contributed by atoms with Crippen LogP contribution in [-0.2, 0) is 9.53 Å². The van der Waals surface area contributed by atoms with Crippen LogP contribution in [0.2, 0.25) is 0 Å². The maximum atomic E-state index is 12.8. The number of hydrogen-bond donors (Lipinski definition) is 0. The van der Waals surface area contributed by atoms with Gasteiger partial charge in [-0.2, -0.15) is 0 Å². The Kier molecular flexibility index (Phi) is 4.74. The minimum atomic E-state index is -0.636. The number of carbonyl (C=O) groups excluding carboxylic acids is 2. The molecule has 0 unspecified atom stereocenters. The summed E-state index contributed by atoms with van der Waals surface area (Å²) in [6, 6.07) is 16.5. The SMILES string of the molecule is COC(=O)[C@]1(C)CCN(C(=O)c2cccc(Oc3ccccc3)c2)C1. The summed E-state index contributed by atoms with van der Waals surface area (Å²) in [5, 5.41) is 0. The summed E-state index contributed by atoms with van der Waals surface area (Å²) in [7, 11) is 1.38. The van der Waals surface area contributed by atoms with Crippen molar-refractivity contribution in [1.82, 2.24) is 4.90 Å². The average molecular weight is 339 g/mol. The van der Waals surface area contributed by atoms with Crippen LogP contribution in [0.15, 0.2) is 54.6 Å². The maximum Gasteiger partial charge on any atom is 0.313 e. The van der Waals surface area contributed by atoms with Crippen LogP contribution in [0.1, 0.15) is 23.7 Å². The molecular weight excluding hydrogens is 318 g/mol. The molecule has 1 heterocycles. The highest BCUT2D eigenvalue weighted by Crippen LogP contribution is 2.32. The van der Waals surface area contributed by atoms with E-state index in [2.05, 4.69) is 0 Å². The molecule has 1 aliphatic rings. The first-order chi connectivity index (χ1) is 12.0. The molecule has 1 aliphatic heterocycles. The van der Waals surface area contributed by atoms with Gasteiger partial charge >= 0.3 is 5.97 Å². The molecule has 2 aromatic rings. The lowest BCUT2D eigenvalue weighted by molar-refractivity contribution is -0.150. The Morgan fingerprint density at radius 2 is 1.76 bits per heavy atom. The number of para-hydroxylation sites is 1. The number of carbonyl (C=O) groups is 2. The summed E-state index contributed by atoms with van der Waals surface area (Å²) in [6.07, 6.45) is 0.603. The number of amides is 1. The van der Waals surface area contributed by atoms with E-state index in [4.69, 9.17) is 9.47 Å². The van der Waals surface area contributed by atoms with Gasteiger partial charge in [0.25, 0.3) is 5.91 Å². The van der Waals surface area contributed by atoms with Gasteiger partial charge in [-0.3, -0.25) is 9.59 Å². The molecule has 0 N–H and O–H groups in total. The molecule has 1 saturated heterocycles. The number of methoxy groups -OCH3 is 1. The zero-order valence-corrected chi connectivity index (χ0v) is 14.4. The summed E-state index contributed by atoms with van der Waals surface area (Å²) < 4.78 is 10.6. The van der Waals surface area contributed by atoms with Gasteiger partial charge in [0.1, 0.15) is 11.5 Å². The summed E-state index contributed by atoms with van der Waals surface area (Å²) in [6.45, 7) is 2.73. The largest absolute Gasteiger partial charge is 0.469 e. The molecule has 0 spiro atoms. The fourth-order valence-electron chi connectivity index (χ4n) is 3.05. The van der Waals surface area contributed by atoms with Gasteiger partial charge in [0, 0.05) is 18.7 Å². The highest BCUT2D eigenvalue weighted by molar-refractivity contribution is 5.95. The molecule has 0 radical (unpaired) electrons. The number of ether oxygens (including phenoxy) is 2. The van der Waals surface area contributed by atoms with Gasteiger partial charge in [-0.05, 0) is 43.7 Å². The average Bonchev–Trinajstić information content (AvgIpc) is 3.05. The van der Waals surface area contributed by atoms with Crippen LogP contribution in [0.3, 0.4) is 0 Å². The van der Waals surface area contributed by atoms with Crippen LogP contribution in [0, 0.1) is 5.41 Å². The lowest BCUT2D eigenvalue weighted by atomic mass is 9.90. The second-order valence-corrected chi connectivity index (χ2v) is 6.47. The Labute approximate surface area is 147 Å². The van der Waals surface area contributed by atoms with Gasteiger partial charge in [-0.25, -0.2) is 0 Å². The molecule has 0 aliphatic carbocycles. The zero-order chi connectivity index (χ0) is 17.9. The second kappa shape index (κ2) is 6.97. The van der Waals surface area contributed by atoms with Crippen LogP contribution >= 0.6 is 0 Å². The number of likely N-dealkylation sites (tertiary alicyclic amines) is 1. The van der Waals surface area contributed by atoms with Gasteiger partial charge in [-0.1, -0.05) is 24.3 Å². The van der Waals surface area contributed by atoms with Crippen molar-refractivity contribution < 1.29 is 19.1 Å². The predicted molar refractivity (Wildman–Crippen MR) is 93.6 cm³/mol. The Hall–Kier alpha value is -2.82. The molecule has 1 fully saturated rings. The molecule has 0 bridgehead atoms. The Morgan fingerprint density at radius 3 is 2.48 bits per heavy atom. The summed E-state index contributed by atoms with van der Waals surface area (Å²) in [5.41, 5.74) is -0.0923. The first-order valence-electron chi connectivity index (χ1n) is 8.22. The number of hydrogen-bond acceptors (Lipinski definition) is 4. The zero-order valence-electron chi connectivity index (χ0n) is 14.4. The molecule has 25 heavy (non-hydrogen) atoms. The number of benzene rings is 2. The molecule has 130 valence electrons. The smallest absolute Gasteiger partial charge is 0.313 e. The van der Waals surface area contributed by atoms with Crippen molar-refractivity contribution >= 4 is 11.9 Å². The van der Waals surface area contributed by atoms with Gasteiger partial charge in [0.15, 0.2) is 0 Å². The van der Waals surface area contributed by atoms with E-state index >= 15 is 0 Å². The molecule has 2 aromatic carbocycles. The van der Waals surface area contributed by atoms with E-state index in [0.717, 1.165) is 0 Å². The van der Waals surface area contributed by atoms with Gasteiger partial charge in [0.05, 0.1) is 12.5 Å². The third-order valence-corrected chi connectivity index (χ3v) is 4.50. The van der Waals surface area contributed by atoms with E-state index < -0.39 is 5.41 Å². The number of esters is 1. The van der Waals surface area contributed by atoms with E-state index in [0.29, 0.717) is 36.6 Å². The Balaban J connectivity index is 1.73. The topological polar surface area (TPSA) is 55.8 Å². The minimum Gasteiger partial charge on any atom is -0.469 e. The quantitative estimate of drug-likeness (QED) is 0.800. The van der Waals surface area contributed by atoms with E-state index in [9.17, 15) is 9.59 Å². The maximum absolute atomic E-state index is 12.8. The lowest BCUT2D eigenvalue weighted by Gasteiger charge is -2.22. The first kappa shape index (κ1) is 17.0.